The molecule has 1 aromatic carbocycles. The maximum absolute atomic E-state index is 6.22. The number of benzene rings is 1. The van der Waals surface area contributed by atoms with Crippen molar-refractivity contribution < 1.29 is 4.74 Å². The molecule has 19 heavy (non-hydrogen) atoms. The highest BCUT2D eigenvalue weighted by atomic mass is 32.1. The maximum atomic E-state index is 6.22. The number of rotatable bonds is 7. The first-order valence-electron chi connectivity index (χ1n) is 6.69. The molecule has 0 aliphatic heterocycles. The average molecular weight is 275 g/mol. The monoisotopic (exact) mass is 275 g/mol. The highest BCUT2D eigenvalue weighted by Gasteiger charge is 2.08. The van der Waals surface area contributed by atoms with Gasteiger partial charge in [0.25, 0.3) is 0 Å². The number of hydrogen-bond donors (Lipinski definition) is 1. The topological polar surface area (TPSA) is 35.2 Å². The second-order valence-electron chi connectivity index (χ2n) is 4.75. The van der Waals surface area contributed by atoms with Gasteiger partial charge < -0.3 is 10.5 Å². The van der Waals surface area contributed by atoms with E-state index in [2.05, 4.69) is 23.6 Å². The van der Waals surface area contributed by atoms with Crippen molar-refractivity contribution >= 4 is 11.3 Å². The van der Waals surface area contributed by atoms with E-state index in [-0.39, 0.29) is 6.04 Å². The van der Waals surface area contributed by atoms with Crippen molar-refractivity contribution in [1.82, 2.24) is 0 Å². The number of ether oxygens (including phenoxy) is 1. The lowest BCUT2D eigenvalue weighted by molar-refractivity contribution is 0.407. The normalized spacial score (nSPS) is 12.3. The summed E-state index contributed by atoms with van der Waals surface area (Å²) in [6, 6.07) is 12.6. The summed E-state index contributed by atoms with van der Waals surface area (Å²) in [4.78, 5) is 1.45. The summed E-state index contributed by atoms with van der Waals surface area (Å²) >= 11 is 1.82. The lowest BCUT2D eigenvalue weighted by Gasteiger charge is -2.13. The smallest absolute Gasteiger partial charge is 0.122 e. The minimum absolute atomic E-state index is 0.205. The van der Waals surface area contributed by atoms with Crippen LogP contribution in [-0.2, 0) is 12.8 Å². The van der Waals surface area contributed by atoms with Gasteiger partial charge >= 0.3 is 0 Å². The summed E-state index contributed by atoms with van der Waals surface area (Å²) in [5.74, 6) is 0.941. The summed E-state index contributed by atoms with van der Waals surface area (Å²) in [6.45, 7) is 0. The van der Waals surface area contributed by atoms with Crippen LogP contribution < -0.4 is 10.5 Å². The van der Waals surface area contributed by atoms with Gasteiger partial charge in [-0.3, -0.25) is 0 Å². The van der Waals surface area contributed by atoms with Crippen LogP contribution in [0.2, 0.25) is 0 Å². The number of methoxy groups -OCH3 is 1. The van der Waals surface area contributed by atoms with Crippen molar-refractivity contribution in [1.29, 1.82) is 0 Å². The molecular weight excluding hydrogens is 254 g/mol. The summed E-state index contributed by atoms with van der Waals surface area (Å²) in [5, 5.41) is 2.13. The van der Waals surface area contributed by atoms with Crippen molar-refractivity contribution in [3.8, 4) is 5.75 Å². The summed E-state index contributed by atoms with van der Waals surface area (Å²) in [7, 11) is 1.71. The Labute approximate surface area is 119 Å². The fourth-order valence-corrected chi connectivity index (χ4v) is 3.00. The first kappa shape index (κ1) is 14.1. The highest BCUT2D eigenvalue weighted by molar-refractivity contribution is 7.09. The van der Waals surface area contributed by atoms with Crippen molar-refractivity contribution in [3.63, 3.8) is 0 Å². The lowest BCUT2D eigenvalue weighted by atomic mass is 10.0. The van der Waals surface area contributed by atoms with Gasteiger partial charge in [0.15, 0.2) is 0 Å². The Bertz CT molecular complexity index is 481. The predicted molar refractivity (Wildman–Crippen MR) is 81.9 cm³/mol. The molecule has 2 rings (SSSR count). The van der Waals surface area contributed by atoms with Gasteiger partial charge in [-0.15, -0.1) is 11.3 Å². The van der Waals surface area contributed by atoms with E-state index in [0.29, 0.717) is 0 Å². The van der Waals surface area contributed by atoms with Crippen molar-refractivity contribution in [3.05, 3.63) is 52.2 Å². The van der Waals surface area contributed by atoms with Gasteiger partial charge in [-0.25, -0.2) is 0 Å². The Morgan fingerprint density at radius 2 is 2.05 bits per heavy atom. The molecule has 0 fully saturated rings. The number of para-hydroxylation sites is 1. The standard InChI is InChI=1S/C16H21NOS/c1-18-16-10-3-2-6-13(16)12-14(17)7-4-8-15-9-5-11-19-15/h2-3,5-6,9-11,14H,4,7-8,12,17H2,1H3. The second-order valence-corrected chi connectivity index (χ2v) is 5.78. The van der Waals surface area contributed by atoms with Crippen LogP contribution in [0.3, 0.4) is 0 Å². The zero-order valence-corrected chi connectivity index (χ0v) is 12.2. The summed E-state index contributed by atoms with van der Waals surface area (Å²) < 4.78 is 5.36. The largest absolute Gasteiger partial charge is 0.496 e. The van der Waals surface area contributed by atoms with E-state index in [1.165, 1.54) is 10.4 Å². The molecule has 102 valence electrons. The molecule has 1 atom stereocenters. The SMILES string of the molecule is COc1ccccc1CC(N)CCCc1cccs1. The van der Waals surface area contributed by atoms with Crippen LogP contribution >= 0.6 is 11.3 Å². The van der Waals surface area contributed by atoms with Crippen LogP contribution in [-0.4, -0.2) is 13.2 Å². The van der Waals surface area contributed by atoms with Crippen LogP contribution in [0.5, 0.6) is 5.75 Å². The molecule has 0 aliphatic rings. The molecule has 0 spiro atoms. The number of nitrogens with two attached hydrogens (primary N) is 1. The lowest BCUT2D eigenvalue weighted by Crippen LogP contribution is -2.23. The minimum atomic E-state index is 0.205. The third-order valence-corrected chi connectivity index (χ3v) is 4.19. The number of aryl methyl sites for hydroxylation is 1. The Morgan fingerprint density at radius 3 is 2.79 bits per heavy atom. The predicted octanol–water partition coefficient (Wildman–Crippen LogP) is 3.65. The van der Waals surface area contributed by atoms with Gasteiger partial charge in [0.2, 0.25) is 0 Å². The van der Waals surface area contributed by atoms with Gasteiger partial charge in [-0.1, -0.05) is 24.3 Å². The molecular formula is C16H21NOS. The van der Waals surface area contributed by atoms with E-state index in [0.717, 1.165) is 31.4 Å². The van der Waals surface area contributed by atoms with E-state index >= 15 is 0 Å². The fraction of sp³-hybridized carbons (Fsp3) is 0.375. The van der Waals surface area contributed by atoms with E-state index in [1.54, 1.807) is 7.11 Å². The number of hydrogen-bond acceptors (Lipinski definition) is 3. The molecule has 1 unspecified atom stereocenters. The van der Waals surface area contributed by atoms with Gasteiger partial charge in [0.1, 0.15) is 5.75 Å². The molecule has 0 amide bonds. The van der Waals surface area contributed by atoms with Crippen LogP contribution in [0.4, 0.5) is 0 Å². The molecule has 0 radical (unpaired) electrons. The molecule has 2 nitrogen and oxygen atoms in total. The Hall–Kier alpha value is -1.32. The molecule has 2 aromatic rings. The first-order valence-corrected chi connectivity index (χ1v) is 7.57. The Kier molecular flexibility index (Phi) is 5.43. The zero-order chi connectivity index (χ0) is 13.5. The van der Waals surface area contributed by atoms with Crippen molar-refractivity contribution in [2.75, 3.05) is 7.11 Å². The third kappa shape index (κ3) is 4.37. The van der Waals surface area contributed by atoms with E-state index in [9.17, 15) is 0 Å². The molecule has 2 N–H and O–H groups in total. The first-order chi connectivity index (χ1) is 9.29. The minimum Gasteiger partial charge on any atom is -0.496 e. The molecule has 1 aromatic heterocycles. The molecule has 0 aliphatic carbocycles. The van der Waals surface area contributed by atoms with Gasteiger partial charge in [0, 0.05) is 10.9 Å². The Morgan fingerprint density at radius 1 is 1.21 bits per heavy atom. The molecule has 0 saturated heterocycles. The zero-order valence-electron chi connectivity index (χ0n) is 11.3. The van der Waals surface area contributed by atoms with Gasteiger partial charge in [0.05, 0.1) is 7.11 Å². The van der Waals surface area contributed by atoms with Gasteiger partial charge in [-0.05, 0) is 48.8 Å². The fourth-order valence-electron chi connectivity index (χ4n) is 2.25. The quantitative estimate of drug-likeness (QED) is 0.837. The van der Waals surface area contributed by atoms with E-state index < -0.39 is 0 Å². The molecule has 1 heterocycles. The van der Waals surface area contributed by atoms with Crippen LogP contribution in [0, 0.1) is 0 Å². The van der Waals surface area contributed by atoms with E-state index in [1.807, 2.05) is 29.5 Å². The molecule has 3 heteroatoms. The van der Waals surface area contributed by atoms with Crippen molar-refractivity contribution in [2.45, 2.75) is 31.7 Å². The van der Waals surface area contributed by atoms with Crippen molar-refractivity contribution in [2.24, 2.45) is 5.73 Å². The third-order valence-electron chi connectivity index (χ3n) is 3.25. The maximum Gasteiger partial charge on any atom is 0.122 e. The van der Waals surface area contributed by atoms with E-state index in [4.69, 9.17) is 10.5 Å². The summed E-state index contributed by atoms with van der Waals surface area (Å²) in [5.41, 5.74) is 7.42. The molecule has 0 bridgehead atoms. The average Bonchev–Trinajstić information content (AvgIpc) is 2.92. The van der Waals surface area contributed by atoms with Crippen LogP contribution in [0.25, 0.3) is 0 Å². The molecule has 0 saturated carbocycles. The van der Waals surface area contributed by atoms with Crippen LogP contribution in [0.1, 0.15) is 23.3 Å². The highest BCUT2D eigenvalue weighted by Crippen LogP contribution is 2.20. The number of thiophene rings is 1. The summed E-state index contributed by atoms with van der Waals surface area (Å²) in [6.07, 6.45) is 4.22. The van der Waals surface area contributed by atoms with Gasteiger partial charge in [-0.2, -0.15) is 0 Å². The Balaban J connectivity index is 1.79. The second kappa shape index (κ2) is 7.31. The van der Waals surface area contributed by atoms with Crippen LogP contribution in [0.15, 0.2) is 41.8 Å².